The van der Waals surface area contributed by atoms with E-state index in [9.17, 15) is 8.42 Å². The number of aliphatic hydroxyl groups is 1. The smallest absolute Gasteiger partial charge is 0.240 e. The van der Waals surface area contributed by atoms with E-state index in [1.54, 1.807) is 24.3 Å². The van der Waals surface area contributed by atoms with Gasteiger partial charge in [0.2, 0.25) is 10.0 Å². The Morgan fingerprint density at radius 2 is 1.63 bits per heavy atom. The molecule has 0 aromatic heterocycles. The average molecular weight is 283 g/mol. The molecule has 2 rings (SSSR count). The molecule has 0 amide bonds. The zero-order valence-corrected chi connectivity index (χ0v) is 11.8. The number of sulfonamides is 1. The summed E-state index contributed by atoms with van der Waals surface area (Å²) in [5.74, 6) is 0. The van der Waals surface area contributed by atoms with Crippen LogP contribution in [0.2, 0.25) is 0 Å². The number of rotatable bonds is 4. The summed E-state index contributed by atoms with van der Waals surface area (Å²) in [5.41, 5.74) is 0.716. The molecule has 0 heterocycles. The van der Waals surface area contributed by atoms with E-state index >= 15 is 0 Å². The van der Waals surface area contributed by atoms with Gasteiger partial charge in [-0.05, 0) is 30.5 Å². The molecule has 0 bridgehead atoms. The van der Waals surface area contributed by atoms with Gasteiger partial charge < -0.3 is 5.11 Å². The predicted molar refractivity (Wildman–Crippen MR) is 74.2 cm³/mol. The lowest BCUT2D eigenvalue weighted by Gasteiger charge is -2.16. The van der Waals surface area contributed by atoms with Crippen molar-refractivity contribution in [3.05, 3.63) is 29.8 Å². The van der Waals surface area contributed by atoms with Crippen molar-refractivity contribution in [2.24, 2.45) is 0 Å². The highest BCUT2D eigenvalue weighted by Gasteiger charge is 2.20. The topological polar surface area (TPSA) is 66.4 Å². The fraction of sp³-hybridized carbons (Fsp3) is 0.571. The first-order valence-corrected chi connectivity index (χ1v) is 8.32. The summed E-state index contributed by atoms with van der Waals surface area (Å²) in [5, 5.41) is 8.96. The third-order valence-corrected chi connectivity index (χ3v) is 5.13. The fourth-order valence-electron chi connectivity index (χ4n) is 2.46. The summed E-state index contributed by atoms with van der Waals surface area (Å²) in [6.07, 6.45) is 6.43. The Balaban J connectivity index is 2.07. The van der Waals surface area contributed by atoms with Gasteiger partial charge in [0.05, 0.1) is 11.5 Å². The van der Waals surface area contributed by atoms with Gasteiger partial charge in [0.25, 0.3) is 0 Å². The zero-order chi connectivity index (χ0) is 13.7. The van der Waals surface area contributed by atoms with Crippen molar-refractivity contribution < 1.29 is 13.5 Å². The predicted octanol–water partition coefficient (Wildman–Crippen LogP) is 2.18. The molecule has 1 aliphatic carbocycles. The Bertz CT molecular complexity index is 488. The molecule has 0 radical (unpaired) electrons. The van der Waals surface area contributed by atoms with Gasteiger partial charge in [-0.2, -0.15) is 0 Å². The minimum atomic E-state index is -3.43. The van der Waals surface area contributed by atoms with E-state index < -0.39 is 10.0 Å². The maximum atomic E-state index is 12.2. The van der Waals surface area contributed by atoms with Crippen molar-refractivity contribution in [2.45, 2.75) is 56.1 Å². The van der Waals surface area contributed by atoms with Crippen LogP contribution in [0.15, 0.2) is 29.2 Å². The highest BCUT2D eigenvalue weighted by molar-refractivity contribution is 7.89. The first-order chi connectivity index (χ1) is 9.12. The Morgan fingerprint density at radius 1 is 1.05 bits per heavy atom. The van der Waals surface area contributed by atoms with Crippen LogP contribution in [0.4, 0.5) is 0 Å². The molecule has 5 heteroatoms. The van der Waals surface area contributed by atoms with E-state index in [4.69, 9.17) is 5.11 Å². The number of benzene rings is 1. The van der Waals surface area contributed by atoms with E-state index in [2.05, 4.69) is 4.72 Å². The number of hydrogen-bond acceptors (Lipinski definition) is 3. The maximum absolute atomic E-state index is 12.2. The van der Waals surface area contributed by atoms with Crippen LogP contribution in [0.3, 0.4) is 0 Å². The van der Waals surface area contributed by atoms with Gasteiger partial charge in [0.15, 0.2) is 0 Å². The Morgan fingerprint density at radius 3 is 2.16 bits per heavy atom. The maximum Gasteiger partial charge on any atom is 0.240 e. The second kappa shape index (κ2) is 6.50. The molecule has 1 aliphatic rings. The van der Waals surface area contributed by atoms with Crippen molar-refractivity contribution in [3.8, 4) is 0 Å². The molecule has 19 heavy (non-hydrogen) atoms. The van der Waals surface area contributed by atoms with Gasteiger partial charge >= 0.3 is 0 Å². The standard InChI is InChI=1S/C14H21NO3S/c16-11-12-7-9-14(10-8-12)19(17,18)15-13-5-3-1-2-4-6-13/h7-10,13,15-16H,1-6,11H2. The van der Waals surface area contributed by atoms with Gasteiger partial charge in [0, 0.05) is 6.04 Å². The fourth-order valence-corrected chi connectivity index (χ4v) is 3.76. The van der Waals surface area contributed by atoms with Crippen molar-refractivity contribution in [1.82, 2.24) is 4.72 Å². The van der Waals surface area contributed by atoms with Gasteiger partial charge in [-0.15, -0.1) is 0 Å². The normalized spacial score (nSPS) is 18.2. The lowest BCUT2D eigenvalue weighted by atomic mass is 10.1. The molecule has 106 valence electrons. The molecule has 0 unspecified atom stereocenters. The average Bonchev–Trinajstić information content (AvgIpc) is 2.67. The van der Waals surface area contributed by atoms with Gasteiger partial charge in [-0.1, -0.05) is 37.8 Å². The van der Waals surface area contributed by atoms with Gasteiger partial charge in [0.1, 0.15) is 0 Å². The number of aliphatic hydroxyl groups excluding tert-OH is 1. The summed E-state index contributed by atoms with van der Waals surface area (Å²) in [7, 11) is -3.43. The molecule has 2 N–H and O–H groups in total. The van der Waals surface area contributed by atoms with E-state index in [-0.39, 0.29) is 17.5 Å². The molecular weight excluding hydrogens is 262 g/mol. The Kier molecular flexibility index (Phi) is 4.96. The molecule has 1 saturated carbocycles. The van der Waals surface area contributed by atoms with Crippen LogP contribution >= 0.6 is 0 Å². The highest BCUT2D eigenvalue weighted by Crippen LogP contribution is 2.19. The van der Waals surface area contributed by atoms with Crippen LogP contribution in [0.1, 0.15) is 44.1 Å². The summed E-state index contributed by atoms with van der Waals surface area (Å²) >= 11 is 0. The monoisotopic (exact) mass is 283 g/mol. The van der Waals surface area contributed by atoms with Gasteiger partial charge in [-0.3, -0.25) is 0 Å². The lowest BCUT2D eigenvalue weighted by Crippen LogP contribution is -2.34. The first kappa shape index (κ1) is 14.5. The zero-order valence-electron chi connectivity index (χ0n) is 11.0. The SMILES string of the molecule is O=S(=O)(NC1CCCCCC1)c1ccc(CO)cc1. The van der Waals surface area contributed by atoms with Gasteiger partial charge in [-0.25, -0.2) is 13.1 Å². The Labute approximate surface area is 114 Å². The molecule has 0 atom stereocenters. The van der Waals surface area contributed by atoms with Crippen molar-refractivity contribution >= 4 is 10.0 Å². The summed E-state index contributed by atoms with van der Waals surface area (Å²) in [6.45, 7) is -0.0730. The quantitative estimate of drug-likeness (QED) is 0.832. The molecular formula is C14H21NO3S. The molecule has 1 fully saturated rings. The van der Waals surface area contributed by atoms with Crippen LogP contribution in [0.5, 0.6) is 0 Å². The molecule has 0 aliphatic heterocycles. The Hall–Kier alpha value is -0.910. The van der Waals surface area contributed by atoms with Crippen molar-refractivity contribution in [2.75, 3.05) is 0 Å². The van der Waals surface area contributed by atoms with E-state index in [1.807, 2.05) is 0 Å². The highest BCUT2D eigenvalue weighted by atomic mass is 32.2. The summed E-state index contributed by atoms with van der Waals surface area (Å²) in [6, 6.07) is 6.43. The lowest BCUT2D eigenvalue weighted by molar-refractivity contribution is 0.282. The van der Waals surface area contributed by atoms with Crippen LogP contribution in [-0.2, 0) is 16.6 Å². The number of hydrogen-bond donors (Lipinski definition) is 2. The second-order valence-electron chi connectivity index (χ2n) is 5.11. The second-order valence-corrected chi connectivity index (χ2v) is 6.83. The van der Waals surface area contributed by atoms with E-state index in [0.717, 1.165) is 25.7 Å². The largest absolute Gasteiger partial charge is 0.392 e. The third kappa shape index (κ3) is 4.03. The van der Waals surface area contributed by atoms with E-state index in [0.29, 0.717) is 5.56 Å². The minimum absolute atomic E-state index is 0.0602. The number of nitrogens with one attached hydrogen (secondary N) is 1. The van der Waals surface area contributed by atoms with Crippen LogP contribution in [0, 0.1) is 0 Å². The third-order valence-electron chi connectivity index (χ3n) is 3.59. The van der Waals surface area contributed by atoms with Crippen molar-refractivity contribution in [1.29, 1.82) is 0 Å². The molecule has 1 aromatic carbocycles. The first-order valence-electron chi connectivity index (χ1n) is 6.84. The molecule has 0 saturated heterocycles. The van der Waals surface area contributed by atoms with Crippen LogP contribution < -0.4 is 4.72 Å². The van der Waals surface area contributed by atoms with Crippen LogP contribution in [0.25, 0.3) is 0 Å². The minimum Gasteiger partial charge on any atom is -0.392 e. The van der Waals surface area contributed by atoms with Crippen LogP contribution in [-0.4, -0.2) is 19.6 Å². The summed E-state index contributed by atoms with van der Waals surface area (Å²) < 4.78 is 27.3. The molecule has 1 aromatic rings. The summed E-state index contributed by atoms with van der Waals surface area (Å²) in [4.78, 5) is 0.272. The van der Waals surface area contributed by atoms with E-state index in [1.165, 1.54) is 12.8 Å². The molecule has 0 spiro atoms. The molecule has 4 nitrogen and oxygen atoms in total. The van der Waals surface area contributed by atoms with Crippen molar-refractivity contribution in [3.63, 3.8) is 0 Å².